The van der Waals surface area contributed by atoms with Gasteiger partial charge in [-0.05, 0) is 41.6 Å². The Hall–Kier alpha value is -1.67. The fourth-order valence-electron chi connectivity index (χ4n) is 2.58. The zero-order valence-corrected chi connectivity index (χ0v) is 12.1. The molecule has 106 valence electrons. The first-order chi connectivity index (χ1) is 9.70. The van der Waals surface area contributed by atoms with E-state index < -0.39 is 0 Å². The molecule has 0 spiro atoms. The monoisotopic (exact) mass is 269 g/mol. The van der Waals surface area contributed by atoms with Gasteiger partial charge in [-0.15, -0.1) is 0 Å². The van der Waals surface area contributed by atoms with E-state index in [4.69, 9.17) is 5.73 Å². The molecular formula is C18H23NO. The van der Waals surface area contributed by atoms with E-state index in [2.05, 4.69) is 31.2 Å². The number of ketones is 1. The Kier molecular flexibility index (Phi) is 5.31. The molecular weight excluding hydrogens is 246 g/mol. The highest BCUT2D eigenvalue weighted by molar-refractivity contribution is 5.90. The summed E-state index contributed by atoms with van der Waals surface area (Å²) in [6, 6.07) is 14.4. The van der Waals surface area contributed by atoms with Crippen molar-refractivity contribution in [2.75, 3.05) is 6.54 Å². The smallest absolute Gasteiger partial charge is 0.137 e. The lowest BCUT2D eigenvalue weighted by Crippen LogP contribution is -2.09. The van der Waals surface area contributed by atoms with Crippen LogP contribution in [0.5, 0.6) is 0 Å². The van der Waals surface area contributed by atoms with Gasteiger partial charge in [0.1, 0.15) is 5.78 Å². The van der Waals surface area contributed by atoms with Crippen molar-refractivity contribution in [3.05, 3.63) is 48.0 Å². The van der Waals surface area contributed by atoms with Gasteiger partial charge < -0.3 is 5.73 Å². The van der Waals surface area contributed by atoms with E-state index in [0.29, 0.717) is 31.1 Å². The van der Waals surface area contributed by atoms with Crippen LogP contribution in [0.2, 0.25) is 0 Å². The Morgan fingerprint density at radius 2 is 1.85 bits per heavy atom. The standard InChI is InChI=1S/C18H23NO/c1-14(11-12-19)9-10-17(20)13-16-7-4-6-15-5-2-3-8-18(15)16/h2-8,14H,9-13,19H2,1H3. The Morgan fingerprint density at radius 1 is 1.10 bits per heavy atom. The lowest BCUT2D eigenvalue weighted by Gasteiger charge is -2.10. The molecule has 0 radical (unpaired) electrons. The molecule has 0 fully saturated rings. The molecule has 1 unspecified atom stereocenters. The summed E-state index contributed by atoms with van der Waals surface area (Å²) < 4.78 is 0. The van der Waals surface area contributed by atoms with Crippen LogP contribution < -0.4 is 5.73 Å². The van der Waals surface area contributed by atoms with Crippen molar-refractivity contribution in [1.82, 2.24) is 0 Å². The van der Waals surface area contributed by atoms with Gasteiger partial charge in [0, 0.05) is 12.8 Å². The minimum absolute atomic E-state index is 0.324. The zero-order chi connectivity index (χ0) is 14.4. The van der Waals surface area contributed by atoms with Gasteiger partial charge in [-0.2, -0.15) is 0 Å². The van der Waals surface area contributed by atoms with Crippen LogP contribution in [-0.2, 0) is 11.2 Å². The maximum absolute atomic E-state index is 12.1. The van der Waals surface area contributed by atoms with Gasteiger partial charge >= 0.3 is 0 Å². The molecule has 0 aliphatic rings. The molecule has 2 heteroatoms. The van der Waals surface area contributed by atoms with Gasteiger partial charge in [-0.1, -0.05) is 49.4 Å². The van der Waals surface area contributed by atoms with Crippen LogP contribution in [0.25, 0.3) is 10.8 Å². The molecule has 0 saturated carbocycles. The molecule has 2 N–H and O–H groups in total. The topological polar surface area (TPSA) is 43.1 Å². The Morgan fingerprint density at radius 3 is 2.65 bits per heavy atom. The molecule has 2 nitrogen and oxygen atoms in total. The summed E-state index contributed by atoms with van der Waals surface area (Å²) in [5, 5.41) is 2.40. The lowest BCUT2D eigenvalue weighted by atomic mass is 9.95. The van der Waals surface area contributed by atoms with E-state index >= 15 is 0 Å². The number of hydrogen-bond acceptors (Lipinski definition) is 2. The Labute approximate surface area is 121 Å². The van der Waals surface area contributed by atoms with Crippen molar-refractivity contribution in [1.29, 1.82) is 0 Å². The number of benzene rings is 2. The fraction of sp³-hybridized carbons (Fsp3) is 0.389. The molecule has 0 amide bonds. The highest BCUT2D eigenvalue weighted by Crippen LogP contribution is 2.20. The van der Waals surface area contributed by atoms with Crippen molar-refractivity contribution < 1.29 is 4.79 Å². The molecule has 0 saturated heterocycles. The van der Waals surface area contributed by atoms with E-state index in [1.807, 2.05) is 18.2 Å². The van der Waals surface area contributed by atoms with Crippen LogP contribution in [0, 0.1) is 5.92 Å². The van der Waals surface area contributed by atoms with Crippen molar-refractivity contribution in [2.45, 2.75) is 32.6 Å². The summed E-state index contributed by atoms with van der Waals surface area (Å²) >= 11 is 0. The number of hydrogen-bond donors (Lipinski definition) is 1. The largest absolute Gasteiger partial charge is 0.330 e. The van der Waals surface area contributed by atoms with Crippen LogP contribution in [-0.4, -0.2) is 12.3 Å². The number of carbonyl (C=O) groups is 1. The fourth-order valence-corrected chi connectivity index (χ4v) is 2.58. The van der Waals surface area contributed by atoms with Crippen molar-refractivity contribution >= 4 is 16.6 Å². The van der Waals surface area contributed by atoms with Gasteiger partial charge in [0.25, 0.3) is 0 Å². The molecule has 0 heterocycles. The van der Waals surface area contributed by atoms with Gasteiger partial charge in [-0.25, -0.2) is 0 Å². The first-order valence-electron chi connectivity index (χ1n) is 7.39. The zero-order valence-electron chi connectivity index (χ0n) is 12.1. The van der Waals surface area contributed by atoms with Crippen LogP contribution in [0.15, 0.2) is 42.5 Å². The minimum atomic E-state index is 0.324. The van der Waals surface area contributed by atoms with Crippen molar-refractivity contribution in [2.24, 2.45) is 11.7 Å². The second-order valence-corrected chi connectivity index (χ2v) is 5.57. The van der Waals surface area contributed by atoms with Gasteiger partial charge in [0.05, 0.1) is 0 Å². The van der Waals surface area contributed by atoms with Gasteiger partial charge in [0.2, 0.25) is 0 Å². The van der Waals surface area contributed by atoms with E-state index in [9.17, 15) is 4.79 Å². The summed E-state index contributed by atoms with van der Waals surface area (Å²) in [4.78, 5) is 12.1. The molecule has 2 rings (SSSR count). The molecule has 0 aromatic heterocycles. The predicted octanol–water partition coefficient (Wildman–Crippen LogP) is 3.72. The first kappa shape index (κ1) is 14.7. The summed E-state index contributed by atoms with van der Waals surface area (Å²) in [7, 11) is 0. The molecule has 1 atom stereocenters. The van der Waals surface area contributed by atoms with E-state index in [-0.39, 0.29) is 0 Å². The van der Waals surface area contributed by atoms with Gasteiger partial charge in [0.15, 0.2) is 0 Å². The van der Waals surface area contributed by atoms with Crippen LogP contribution in [0.1, 0.15) is 31.7 Å². The quantitative estimate of drug-likeness (QED) is 0.832. The number of carbonyl (C=O) groups excluding carboxylic acids is 1. The summed E-state index contributed by atoms with van der Waals surface area (Å²) in [5.74, 6) is 0.863. The number of rotatable bonds is 7. The van der Waals surface area contributed by atoms with Crippen LogP contribution >= 0.6 is 0 Å². The molecule has 0 aliphatic heterocycles. The third kappa shape index (κ3) is 3.91. The van der Waals surface area contributed by atoms with E-state index in [0.717, 1.165) is 18.4 Å². The van der Waals surface area contributed by atoms with Crippen molar-refractivity contribution in [3.63, 3.8) is 0 Å². The molecule has 0 bridgehead atoms. The minimum Gasteiger partial charge on any atom is -0.330 e. The first-order valence-corrected chi connectivity index (χ1v) is 7.39. The predicted molar refractivity (Wildman–Crippen MR) is 84.7 cm³/mol. The van der Waals surface area contributed by atoms with Crippen molar-refractivity contribution in [3.8, 4) is 0 Å². The highest BCUT2D eigenvalue weighted by Gasteiger charge is 2.09. The molecule has 2 aromatic rings. The average molecular weight is 269 g/mol. The second-order valence-electron chi connectivity index (χ2n) is 5.57. The Bertz CT molecular complexity index is 571. The maximum atomic E-state index is 12.1. The lowest BCUT2D eigenvalue weighted by molar-refractivity contribution is -0.118. The number of fused-ring (bicyclic) bond motifs is 1. The second kappa shape index (κ2) is 7.20. The third-order valence-corrected chi connectivity index (χ3v) is 3.84. The number of Topliss-reactive ketones (excluding diaryl/α,β-unsaturated/α-hetero) is 1. The summed E-state index contributed by atoms with van der Waals surface area (Å²) in [6.07, 6.45) is 3.14. The number of nitrogens with two attached hydrogens (primary N) is 1. The average Bonchev–Trinajstić information content (AvgIpc) is 2.46. The highest BCUT2D eigenvalue weighted by atomic mass is 16.1. The molecule has 2 aromatic carbocycles. The van der Waals surface area contributed by atoms with Crippen LogP contribution in [0.3, 0.4) is 0 Å². The van der Waals surface area contributed by atoms with Crippen LogP contribution in [0.4, 0.5) is 0 Å². The summed E-state index contributed by atoms with van der Waals surface area (Å²) in [5.41, 5.74) is 6.68. The van der Waals surface area contributed by atoms with E-state index in [1.165, 1.54) is 10.8 Å². The third-order valence-electron chi connectivity index (χ3n) is 3.84. The van der Waals surface area contributed by atoms with E-state index in [1.54, 1.807) is 0 Å². The maximum Gasteiger partial charge on any atom is 0.137 e. The van der Waals surface area contributed by atoms with Gasteiger partial charge in [-0.3, -0.25) is 4.79 Å². The normalized spacial score (nSPS) is 12.5. The summed E-state index contributed by atoms with van der Waals surface area (Å²) in [6.45, 7) is 2.87. The Balaban J connectivity index is 1.99. The molecule has 0 aliphatic carbocycles. The molecule has 20 heavy (non-hydrogen) atoms. The SMILES string of the molecule is CC(CCN)CCC(=O)Cc1cccc2ccccc12.